The lowest BCUT2D eigenvalue weighted by Gasteiger charge is -2.27. The summed E-state index contributed by atoms with van der Waals surface area (Å²) >= 11 is 6.04. The number of rotatable bonds is 13. The van der Waals surface area contributed by atoms with Crippen molar-refractivity contribution in [2.24, 2.45) is 0 Å². The molecule has 9 nitrogen and oxygen atoms in total. The molecular formula is C27H32ClN3O6. The van der Waals surface area contributed by atoms with E-state index < -0.39 is 6.03 Å². The molecule has 3 amide bonds. The van der Waals surface area contributed by atoms with Crippen molar-refractivity contribution in [3.05, 3.63) is 77.2 Å². The standard InChI is InChI=1S/C27H32ClN3O6/c1-34-15-13-31(27(33)29-22-7-4-6-21(28)17-22)19-26(32)30(18-23-8-5-14-37-23)12-11-20-9-10-24(35-2)25(16-20)36-3/h4-10,14,16-17H,11-13,15,18-19H2,1-3H3,(H,29,33). The van der Waals surface area contributed by atoms with E-state index in [1.165, 1.54) is 4.90 Å². The smallest absolute Gasteiger partial charge is 0.322 e. The Morgan fingerprint density at radius 3 is 2.43 bits per heavy atom. The molecule has 10 heteroatoms. The summed E-state index contributed by atoms with van der Waals surface area (Å²) in [5.74, 6) is 1.67. The number of furan rings is 1. The van der Waals surface area contributed by atoms with Gasteiger partial charge in [0.25, 0.3) is 0 Å². The normalized spacial score (nSPS) is 10.6. The van der Waals surface area contributed by atoms with Gasteiger partial charge in [0.1, 0.15) is 12.3 Å². The average Bonchev–Trinajstić information content (AvgIpc) is 3.41. The van der Waals surface area contributed by atoms with Gasteiger partial charge in [0, 0.05) is 30.9 Å². The van der Waals surface area contributed by atoms with Crippen LogP contribution in [-0.2, 0) is 22.5 Å². The highest BCUT2D eigenvalue weighted by molar-refractivity contribution is 6.30. The second kappa shape index (κ2) is 14.2. The van der Waals surface area contributed by atoms with Crippen molar-refractivity contribution in [1.29, 1.82) is 0 Å². The SMILES string of the molecule is COCCN(CC(=O)N(CCc1ccc(OC)c(OC)c1)Cc1ccco1)C(=O)Nc1cccc(Cl)c1. The Labute approximate surface area is 221 Å². The highest BCUT2D eigenvalue weighted by atomic mass is 35.5. The van der Waals surface area contributed by atoms with E-state index in [1.807, 2.05) is 24.3 Å². The van der Waals surface area contributed by atoms with E-state index >= 15 is 0 Å². The maximum absolute atomic E-state index is 13.5. The summed E-state index contributed by atoms with van der Waals surface area (Å²) in [5.41, 5.74) is 1.51. The predicted molar refractivity (Wildman–Crippen MR) is 141 cm³/mol. The third-order valence-electron chi connectivity index (χ3n) is 5.65. The Balaban J connectivity index is 1.73. The monoisotopic (exact) mass is 529 g/mol. The first-order valence-corrected chi connectivity index (χ1v) is 12.1. The van der Waals surface area contributed by atoms with Crippen LogP contribution in [0.25, 0.3) is 0 Å². The van der Waals surface area contributed by atoms with Crippen molar-refractivity contribution >= 4 is 29.2 Å². The largest absolute Gasteiger partial charge is 0.493 e. The minimum atomic E-state index is -0.425. The van der Waals surface area contributed by atoms with E-state index in [1.54, 1.807) is 62.8 Å². The van der Waals surface area contributed by atoms with Crippen LogP contribution in [0.5, 0.6) is 11.5 Å². The minimum absolute atomic E-state index is 0.137. The number of amides is 3. The molecule has 0 aliphatic heterocycles. The Bertz CT molecular complexity index is 1150. The van der Waals surface area contributed by atoms with Crippen molar-refractivity contribution < 1.29 is 28.2 Å². The second-order valence-corrected chi connectivity index (χ2v) is 8.63. The van der Waals surface area contributed by atoms with Gasteiger partial charge < -0.3 is 33.7 Å². The van der Waals surface area contributed by atoms with Gasteiger partial charge in [-0.2, -0.15) is 0 Å². The first-order chi connectivity index (χ1) is 17.9. The quantitative estimate of drug-likeness (QED) is 0.345. The average molecular weight is 530 g/mol. The number of ether oxygens (including phenoxy) is 3. The lowest BCUT2D eigenvalue weighted by molar-refractivity contribution is -0.132. The van der Waals surface area contributed by atoms with E-state index in [-0.39, 0.29) is 32.1 Å². The first-order valence-electron chi connectivity index (χ1n) is 11.7. The molecule has 0 aliphatic carbocycles. The molecule has 0 radical (unpaired) electrons. The molecule has 37 heavy (non-hydrogen) atoms. The fourth-order valence-electron chi connectivity index (χ4n) is 3.67. The van der Waals surface area contributed by atoms with Gasteiger partial charge in [-0.1, -0.05) is 23.7 Å². The Morgan fingerprint density at radius 2 is 1.76 bits per heavy atom. The van der Waals surface area contributed by atoms with Gasteiger partial charge >= 0.3 is 6.03 Å². The van der Waals surface area contributed by atoms with Gasteiger partial charge in [-0.15, -0.1) is 0 Å². The van der Waals surface area contributed by atoms with Crippen LogP contribution < -0.4 is 14.8 Å². The molecule has 0 spiro atoms. The summed E-state index contributed by atoms with van der Waals surface area (Å²) < 4.78 is 21.4. The number of carbonyl (C=O) groups excluding carboxylic acids is 2. The third-order valence-corrected chi connectivity index (χ3v) is 5.89. The van der Waals surface area contributed by atoms with E-state index in [9.17, 15) is 9.59 Å². The number of nitrogens with one attached hydrogen (secondary N) is 1. The molecule has 3 rings (SSSR count). The number of benzene rings is 2. The highest BCUT2D eigenvalue weighted by Crippen LogP contribution is 2.28. The summed E-state index contributed by atoms with van der Waals surface area (Å²) in [5, 5.41) is 3.29. The molecule has 0 saturated carbocycles. The van der Waals surface area contributed by atoms with Crippen molar-refractivity contribution in [1.82, 2.24) is 9.80 Å². The molecule has 1 heterocycles. The molecule has 0 atom stereocenters. The van der Waals surface area contributed by atoms with Gasteiger partial charge in [-0.3, -0.25) is 4.79 Å². The molecule has 0 bridgehead atoms. The van der Waals surface area contributed by atoms with Crippen molar-refractivity contribution in [3.8, 4) is 11.5 Å². The first kappa shape index (κ1) is 27.9. The number of methoxy groups -OCH3 is 3. The molecule has 0 unspecified atom stereocenters. The molecular weight excluding hydrogens is 498 g/mol. The minimum Gasteiger partial charge on any atom is -0.493 e. The van der Waals surface area contributed by atoms with Crippen LogP contribution >= 0.6 is 11.6 Å². The molecule has 0 aliphatic rings. The summed E-state index contributed by atoms with van der Waals surface area (Å²) in [7, 11) is 4.71. The van der Waals surface area contributed by atoms with Crippen LogP contribution in [0, 0.1) is 0 Å². The van der Waals surface area contributed by atoms with Gasteiger partial charge in [-0.25, -0.2) is 4.79 Å². The Hall–Kier alpha value is -3.69. The molecule has 0 saturated heterocycles. The van der Waals surface area contributed by atoms with Crippen LogP contribution in [0.1, 0.15) is 11.3 Å². The number of hydrogen-bond acceptors (Lipinski definition) is 6. The molecule has 1 N–H and O–H groups in total. The molecule has 198 valence electrons. The molecule has 1 aromatic heterocycles. The van der Waals surface area contributed by atoms with Crippen LogP contribution in [0.2, 0.25) is 5.02 Å². The zero-order valence-electron chi connectivity index (χ0n) is 21.2. The van der Waals surface area contributed by atoms with Gasteiger partial charge in [0.2, 0.25) is 5.91 Å². The summed E-state index contributed by atoms with van der Waals surface area (Å²) in [6, 6.07) is 15.6. The lowest BCUT2D eigenvalue weighted by Crippen LogP contribution is -2.46. The van der Waals surface area contributed by atoms with E-state index in [4.69, 9.17) is 30.2 Å². The Kier molecular flexibility index (Phi) is 10.7. The number of nitrogens with zero attached hydrogens (tertiary/aromatic N) is 2. The van der Waals surface area contributed by atoms with Gasteiger partial charge in [0.05, 0.1) is 33.6 Å². The van der Waals surface area contributed by atoms with Gasteiger partial charge in [0.15, 0.2) is 11.5 Å². The second-order valence-electron chi connectivity index (χ2n) is 8.19. The number of halogens is 1. The fourth-order valence-corrected chi connectivity index (χ4v) is 3.86. The number of urea groups is 1. The lowest BCUT2D eigenvalue weighted by atomic mass is 10.1. The molecule has 0 fully saturated rings. The fraction of sp³-hybridized carbons (Fsp3) is 0.333. The third kappa shape index (κ3) is 8.44. The van der Waals surface area contributed by atoms with Crippen molar-refractivity contribution in [2.45, 2.75) is 13.0 Å². The zero-order chi connectivity index (χ0) is 26.6. The van der Waals surface area contributed by atoms with Crippen LogP contribution in [0.3, 0.4) is 0 Å². The maximum atomic E-state index is 13.5. The van der Waals surface area contributed by atoms with Crippen molar-refractivity contribution in [2.75, 3.05) is 52.9 Å². The molecule has 3 aromatic rings. The summed E-state index contributed by atoms with van der Waals surface area (Å²) in [4.78, 5) is 29.6. The Morgan fingerprint density at radius 1 is 0.946 bits per heavy atom. The molecule has 2 aromatic carbocycles. The van der Waals surface area contributed by atoms with E-state index in [0.29, 0.717) is 40.9 Å². The van der Waals surface area contributed by atoms with Crippen LogP contribution in [-0.4, -0.2) is 69.3 Å². The highest BCUT2D eigenvalue weighted by Gasteiger charge is 2.22. The zero-order valence-corrected chi connectivity index (χ0v) is 22.0. The van der Waals surface area contributed by atoms with Crippen LogP contribution in [0.4, 0.5) is 10.5 Å². The summed E-state index contributed by atoms with van der Waals surface area (Å²) in [6.07, 6.45) is 2.13. The number of anilines is 1. The topological polar surface area (TPSA) is 93.5 Å². The van der Waals surface area contributed by atoms with Gasteiger partial charge in [-0.05, 0) is 54.4 Å². The van der Waals surface area contributed by atoms with E-state index in [2.05, 4.69) is 5.32 Å². The maximum Gasteiger partial charge on any atom is 0.322 e. The van der Waals surface area contributed by atoms with Crippen LogP contribution in [0.15, 0.2) is 65.3 Å². The summed E-state index contributed by atoms with van der Waals surface area (Å²) in [6.45, 7) is 1.05. The van der Waals surface area contributed by atoms with Crippen molar-refractivity contribution in [3.63, 3.8) is 0 Å². The van der Waals surface area contributed by atoms with E-state index in [0.717, 1.165) is 5.56 Å². The number of hydrogen-bond donors (Lipinski definition) is 1. The number of carbonyl (C=O) groups is 2. The predicted octanol–water partition coefficient (Wildman–Crippen LogP) is 4.70.